The summed E-state index contributed by atoms with van der Waals surface area (Å²) in [5, 5.41) is 4.16. The average molecular weight is 228 g/mol. The first-order chi connectivity index (χ1) is 8.25. The summed E-state index contributed by atoms with van der Waals surface area (Å²) in [6.45, 7) is 0. The maximum atomic E-state index is 12.9. The summed E-state index contributed by atoms with van der Waals surface area (Å²) >= 11 is 0. The number of hydrogen-bond acceptors (Lipinski definition) is 3. The van der Waals surface area contributed by atoms with Crippen molar-refractivity contribution in [1.29, 1.82) is 0 Å². The van der Waals surface area contributed by atoms with E-state index in [4.69, 9.17) is 5.73 Å². The van der Waals surface area contributed by atoms with E-state index in [-0.39, 0.29) is 5.82 Å². The van der Waals surface area contributed by atoms with Crippen molar-refractivity contribution in [2.45, 2.75) is 0 Å². The first kappa shape index (κ1) is 9.77. The second-order valence-corrected chi connectivity index (χ2v) is 3.67. The van der Waals surface area contributed by atoms with Crippen LogP contribution < -0.4 is 5.73 Å². The molecule has 0 radical (unpaired) electrons. The van der Waals surface area contributed by atoms with E-state index in [0.717, 1.165) is 11.3 Å². The highest BCUT2D eigenvalue weighted by Crippen LogP contribution is 2.25. The van der Waals surface area contributed by atoms with Crippen LogP contribution in [0.4, 0.5) is 10.1 Å². The van der Waals surface area contributed by atoms with E-state index in [0.29, 0.717) is 11.3 Å². The summed E-state index contributed by atoms with van der Waals surface area (Å²) in [6, 6.07) is 7.91. The molecular formula is C12H9FN4. The zero-order chi connectivity index (χ0) is 11.8. The molecule has 2 aromatic heterocycles. The molecule has 17 heavy (non-hydrogen) atoms. The third-order valence-electron chi connectivity index (χ3n) is 2.56. The minimum atomic E-state index is -0.280. The number of nitrogen functional groups attached to an aromatic ring is 1. The Hall–Kier alpha value is -2.43. The van der Waals surface area contributed by atoms with Crippen molar-refractivity contribution in [1.82, 2.24) is 14.6 Å². The van der Waals surface area contributed by atoms with Crippen molar-refractivity contribution in [3.8, 4) is 11.3 Å². The SMILES string of the molecule is Nc1cnc2ccnn2c1-c1ccc(F)cc1. The third-order valence-corrected chi connectivity index (χ3v) is 2.56. The lowest BCUT2D eigenvalue weighted by Gasteiger charge is -2.07. The van der Waals surface area contributed by atoms with Gasteiger partial charge >= 0.3 is 0 Å². The molecular weight excluding hydrogens is 219 g/mol. The molecule has 0 atom stereocenters. The van der Waals surface area contributed by atoms with Crippen LogP contribution in [-0.2, 0) is 0 Å². The van der Waals surface area contributed by atoms with Crippen molar-refractivity contribution < 1.29 is 4.39 Å². The van der Waals surface area contributed by atoms with Gasteiger partial charge in [-0.1, -0.05) is 0 Å². The second kappa shape index (κ2) is 3.55. The molecule has 5 heteroatoms. The fraction of sp³-hybridized carbons (Fsp3) is 0. The lowest BCUT2D eigenvalue weighted by atomic mass is 10.1. The molecule has 0 saturated heterocycles. The van der Waals surface area contributed by atoms with Crippen LogP contribution in [0.5, 0.6) is 0 Å². The maximum absolute atomic E-state index is 12.9. The van der Waals surface area contributed by atoms with Crippen LogP contribution in [0.3, 0.4) is 0 Å². The number of nitrogens with zero attached hydrogens (tertiary/aromatic N) is 3. The molecule has 0 bridgehead atoms. The first-order valence-corrected chi connectivity index (χ1v) is 5.10. The van der Waals surface area contributed by atoms with Gasteiger partial charge in [-0.25, -0.2) is 13.9 Å². The first-order valence-electron chi connectivity index (χ1n) is 5.10. The highest BCUT2D eigenvalue weighted by Gasteiger charge is 2.09. The summed E-state index contributed by atoms with van der Waals surface area (Å²) < 4.78 is 14.5. The van der Waals surface area contributed by atoms with Crippen molar-refractivity contribution in [2.75, 3.05) is 5.73 Å². The largest absolute Gasteiger partial charge is 0.396 e. The molecule has 0 unspecified atom stereocenters. The van der Waals surface area contributed by atoms with Crippen LogP contribution >= 0.6 is 0 Å². The number of anilines is 1. The topological polar surface area (TPSA) is 56.2 Å². The Morgan fingerprint density at radius 3 is 2.65 bits per heavy atom. The van der Waals surface area contributed by atoms with Gasteiger partial charge in [-0.3, -0.25) is 0 Å². The van der Waals surface area contributed by atoms with E-state index in [2.05, 4.69) is 10.1 Å². The second-order valence-electron chi connectivity index (χ2n) is 3.67. The smallest absolute Gasteiger partial charge is 0.155 e. The Bertz CT molecular complexity index is 673. The lowest BCUT2D eigenvalue weighted by Crippen LogP contribution is -2.01. The Morgan fingerprint density at radius 1 is 1.12 bits per heavy atom. The molecule has 0 spiro atoms. The molecule has 2 heterocycles. The number of hydrogen-bond donors (Lipinski definition) is 1. The molecule has 0 aliphatic carbocycles. The van der Waals surface area contributed by atoms with Gasteiger partial charge < -0.3 is 5.73 Å². The van der Waals surface area contributed by atoms with Gasteiger partial charge in [0, 0.05) is 11.6 Å². The lowest BCUT2D eigenvalue weighted by molar-refractivity contribution is 0.628. The van der Waals surface area contributed by atoms with Crippen LogP contribution in [0.25, 0.3) is 16.9 Å². The quantitative estimate of drug-likeness (QED) is 0.694. The van der Waals surface area contributed by atoms with Gasteiger partial charge in [0.2, 0.25) is 0 Å². The van der Waals surface area contributed by atoms with Gasteiger partial charge in [-0.2, -0.15) is 5.10 Å². The molecule has 3 aromatic rings. The van der Waals surface area contributed by atoms with Gasteiger partial charge in [-0.05, 0) is 24.3 Å². The highest BCUT2D eigenvalue weighted by atomic mass is 19.1. The number of rotatable bonds is 1. The van der Waals surface area contributed by atoms with Crippen LogP contribution in [0.1, 0.15) is 0 Å². The van der Waals surface area contributed by atoms with Gasteiger partial charge in [-0.15, -0.1) is 0 Å². The number of benzene rings is 1. The van der Waals surface area contributed by atoms with E-state index < -0.39 is 0 Å². The van der Waals surface area contributed by atoms with E-state index >= 15 is 0 Å². The summed E-state index contributed by atoms with van der Waals surface area (Å²) in [5.74, 6) is -0.280. The Morgan fingerprint density at radius 2 is 1.88 bits per heavy atom. The van der Waals surface area contributed by atoms with Crippen LogP contribution in [0.2, 0.25) is 0 Å². The molecule has 1 aromatic carbocycles. The van der Waals surface area contributed by atoms with Crippen molar-refractivity contribution in [3.05, 3.63) is 48.5 Å². The average Bonchev–Trinajstić information content (AvgIpc) is 2.79. The molecule has 0 saturated carbocycles. The number of fused-ring (bicyclic) bond motifs is 1. The van der Waals surface area contributed by atoms with Gasteiger partial charge in [0.15, 0.2) is 5.65 Å². The van der Waals surface area contributed by atoms with Crippen LogP contribution in [0, 0.1) is 5.82 Å². The fourth-order valence-electron chi connectivity index (χ4n) is 1.78. The monoisotopic (exact) mass is 228 g/mol. The van der Waals surface area contributed by atoms with Crippen molar-refractivity contribution >= 4 is 11.3 Å². The van der Waals surface area contributed by atoms with Gasteiger partial charge in [0.25, 0.3) is 0 Å². The summed E-state index contributed by atoms with van der Waals surface area (Å²) in [5.41, 5.74) is 8.64. The number of aromatic nitrogens is 3. The zero-order valence-corrected chi connectivity index (χ0v) is 8.84. The van der Waals surface area contributed by atoms with Crippen LogP contribution in [-0.4, -0.2) is 14.6 Å². The molecule has 0 amide bonds. The number of nitrogens with two attached hydrogens (primary N) is 1. The fourth-order valence-corrected chi connectivity index (χ4v) is 1.78. The Balaban J connectivity index is 2.31. The standard InChI is InChI=1S/C12H9FN4/c13-9-3-1-8(2-4-9)12-10(14)7-15-11-5-6-16-17(11)12/h1-7H,14H2. The normalized spacial score (nSPS) is 10.9. The molecule has 0 aliphatic rings. The zero-order valence-electron chi connectivity index (χ0n) is 8.84. The third kappa shape index (κ3) is 1.52. The van der Waals surface area contributed by atoms with E-state index in [1.165, 1.54) is 12.1 Å². The Labute approximate surface area is 96.5 Å². The maximum Gasteiger partial charge on any atom is 0.155 e. The summed E-state index contributed by atoms with van der Waals surface area (Å²) in [4.78, 5) is 4.15. The molecule has 3 rings (SSSR count). The molecule has 4 nitrogen and oxygen atoms in total. The van der Waals surface area contributed by atoms with Gasteiger partial charge in [0.05, 0.1) is 23.8 Å². The molecule has 0 fully saturated rings. The van der Waals surface area contributed by atoms with E-state index in [9.17, 15) is 4.39 Å². The number of halogens is 1. The van der Waals surface area contributed by atoms with Gasteiger partial charge in [0.1, 0.15) is 5.82 Å². The predicted molar refractivity (Wildman–Crippen MR) is 62.8 cm³/mol. The highest BCUT2D eigenvalue weighted by molar-refractivity contribution is 5.74. The molecule has 84 valence electrons. The predicted octanol–water partition coefficient (Wildman–Crippen LogP) is 2.12. The van der Waals surface area contributed by atoms with E-state index in [1.807, 2.05) is 0 Å². The van der Waals surface area contributed by atoms with Crippen molar-refractivity contribution in [3.63, 3.8) is 0 Å². The van der Waals surface area contributed by atoms with E-state index in [1.54, 1.807) is 35.1 Å². The van der Waals surface area contributed by atoms with Crippen molar-refractivity contribution in [2.24, 2.45) is 0 Å². The Kier molecular flexibility index (Phi) is 2.04. The summed E-state index contributed by atoms with van der Waals surface area (Å²) in [6.07, 6.45) is 3.23. The summed E-state index contributed by atoms with van der Waals surface area (Å²) in [7, 11) is 0. The van der Waals surface area contributed by atoms with Crippen LogP contribution in [0.15, 0.2) is 42.7 Å². The molecule has 0 aliphatic heterocycles. The minimum Gasteiger partial charge on any atom is -0.396 e. The minimum absolute atomic E-state index is 0.280. The molecule has 2 N–H and O–H groups in total.